The molecule has 0 saturated carbocycles. The van der Waals surface area contributed by atoms with Gasteiger partial charge in [0, 0.05) is 16.9 Å². The molecule has 0 radical (unpaired) electrons. The molecule has 0 bridgehead atoms. The maximum Gasteiger partial charge on any atom is 0.0578 e. The molecule has 0 N–H and O–H groups in total. The number of rotatable bonds is 1. The van der Waals surface area contributed by atoms with Crippen molar-refractivity contribution in [2.24, 2.45) is 4.99 Å². The van der Waals surface area contributed by atoms with Gasteiger partial charge >= 0.3 is 0 Å². The van der Waals surface area contributed by atoms with Crippen LogP contribution in [0.25, 0.3) is 13.2 Å². The van der Waals surface area contributed by atoms with Crippen molar-refractivity contribution in [3.8, 4) is 0 Å². The third-order valence-corrected chi connectivity index (χ3v) is 4.57. The number of allylic oxidation sites excluding steroid dienone is 5. The van der Waals surface area contributed by atoms with Crippen molar-refractivity contribution in [2.75, 3.05) is 5.75 Å². The molecule has 0 aliphatic carbocycles. The number of hydrogen-bond acceptors (Lipinski definition) is 2. The van der Waals surface area contributed by atoms with E-state index in [1.807, 2.05) is 48.7 Å². The van der Waals surface area contributed by atoms with Gasteiger partial charge in [-0.25, -0.2) is 0 Å². The summed E-state index contributed by atoms with van der Waals surface area (Å²) in [7, 11) is 0. The average molecular weight is 360 g/mol. The summed E-state index contributed by atoms with van der Waals surface area (Å²) < 4.78 is 0. The summed E-state index contributed by atoms with van der Waals surface area (Å²) in [5.74, 6) is 0.743. The fourth-order valence-electron chi connectivity index (χ4n) is 2.24. The van der Waals surface area contributed by atoms with E-state index in [2.05, 4.69) is 50.1 Å². The van der Waals surface area contributed by atoms with Crippen LogP contribution in [0, 0.1) is 0 Å². The van der Waals surface area contributed by atoms with E-state index < -0.39 is 0 Å². The topological polar surface area (TPSA) is 12.4 Å². The molecular weight excluding hydrogens is 334 g/mol. The quantitative estimate of drug-likeness (QED) is 0.680. The summed E-state index contributed by atoms with van der Waals surface area (Å²) in [4.78, 5) is 5.74. The Morgan fingerprint density at radius 1 is 0.846 bits per heavy atom. The Morgan fingerprint density at radius 3 is 2.46 bits per heavy atom. The van der Waals surface area contributed by atoms with E-state index in [4.69, 9.17) is 4.99 Å². The minimum Gasteiger partial charge on any atom is -0.260 e. The number of nitrogens with zero attached hydrogens (tertiary/aromatic N) is 1. The lowest BCUT2D eigenvalue weighted by Gasteiger charge is -2.05. The van der Waals surface area contributed by atoms with Crippen molar-refractivity contribution in [1.29, 1.82) is 0 Å². The molecule has 132 valence electrons. The molecule has 1 heterocycles. The Balaban J connectivity index is 2.47. The molecule has 2 heteroatoms. The molecule has 1 aliphatic rings. The van der Waals surface area contributed by atoms with Crippen molar-refractivity contribution in [3.05, 3.63) is 107 Å². The maximum atomic E-state index is 4.73. The molecule has 0 atom stereocenters. The van der Waals surface area contributed by atoms with Crippen LogP contribution in [-0.2, 0) is 0 Å². The first-order chi connectivity index (χ1) is 12.6. The molecule has 0 unspecified atom stereocenters. The molecule has 0 saturated heterocycles. The Bertz CT molecular complexity index is 902. The first-order valence-electron chi connectivity index (χ1n) is 8.64. The highest BCUT2D eigenvalue weighted by Gasteiger charge is 2.03. The lowest BCUT2D eigenvalue weighted by molar-refractivity contribution is 1.05. The van der Waals surface area contributed by atoms with Gasteiger partial charge in [-0.2, -0.15) is 0 Å². The summed E-state index contributed by atoms with van der Waals surface area (Å²) >= 11 is 1.68. The molecule has 0 fully saturated rings. The smallest absolute Gasteiger partial charge is 0.0578 e. The van der Waals surface area contributed by atoms with Gasteiger partial charge in [0.05, 0.1) is 5.71 Å². The van der Waals surface area contributed by atoms with Gasteiger partial charge < -0.3 is 0 Å². The Kier molecular flexibility index (Phi) is 8.44. The molecule has 26 heavy (non-hydrogen) atoms. The largest absolute Gasteiger partial charge is 0.260 e. The third-order valence-electron chi connectivity index (χ3n) is 3.64. The highest BCUT2D eigenvalue weighted by Crippen LogP contribution is 2.17. The summed E-state index contributed by atoms with van der Waals surface area (Å²) in [5, 5.41) is 1.88. The highest BCUT2D eigenvalue weighted by molar-refractivity contribution is 8.03. The molecule has 1 aromatic rings. The number of thioether (sulfide) groups is 1. The van der Waals surface area contributed by atoms with E-state index in [1.54, 1.807) is 11.8 Å². The van der Waals surface area contributed by atoms with Crippen molar-refractivity contribution in [2.45, 2.75) is 12.8 Å². The molecule has 0 aromatic heterocycles. The summed E-state index contributed by atoms with van der Waals surface area (Å²) in [6.07, 6.45) is 14.3. The van der Waals surface area contributed by atoms with Gasteiger partial charge in [0.15, 0.2) is 0 Å². The van der Waals surface area contributed by atoms with E-state index in [-0.39, 0.29) is 0 Å². The summed E-state index contributed by atoms with van der Waals surface area (Å²) in [6, 6.07) is 14.0. The first kappa shape index (κ1) is 19.7. The van der Waals surface area contributed by atoms with E-state index in [0.717, 1.165) is 45.2 Å². The molecule has 1 aliphatic heterocycles. The molecule has 1 aromatic carbocycles. The van der Waals surface area contributed by atoms with Crippen LogP contribution in [0.5, 0.6) is 0 Å². The maximum absolute atomic E-state index is 4.73. The minimum atomic E-state index is 0.743. The van der Waals surface area contributed by atoms with Gasteiger partial charge in [-0.15, -0.1) is 11.8 Å². The number of aliphatic imine (C=N–C) groups is 1. The lowest BCUT2D eigenvalue weighted by atomic mass is 10.1. The molecular formula is C24H25NS. The Morgan fingerprint density at radius 2 is 1.62 bits per heavy atom. The van der Waals surface area contributed by atoms with Crippen molar-refractivity contribution in [3.63, 3.8) is 0 Å². The van der Waals surface area contributed by atoms with Crippen molar-refractivity contribution in [1.82, 2.24) is 0 Å². The van der Waals surface area contributed by atoms with Crippen LogP contribution in [0.4, 0.5) is 0 Å². The van der Waals surface area contributed by atoms with Crippen LogP contribution < -0.4 is 10.4 Å². The predicted molar refractivity (Wildman–Crippen MR) is 119 cm³/mol. The monoisotopic (exact) mass is 359 g/mol. The van der Waals surface area contributed by atoms with Gasteiger partial charge in [0.25, 0.3) is 0 Å². The van der Waals surface area contributed by atoms with Gasteiger partial charge in [0.1, 0.15) is 0 Å². The van der Waals surface area contributed by atoms with Crippen LogP contribution in [0.3, 0.4) is 0 Å². The van der Waals surface area contributed by atoms with Gasteiger partial charge in [-0.05, 0) is 41.0 Å². The second kappa shape index (κ2) is 11.1. The van der Waals surface area contributed by atoms with Gasteiger partial charge in [-0.1, -0.05) is 80.4 Å². The normalized spacial score (nSPS) is 20.9. The van der Waals surface area contributed by atoms with Crippen molar-refractivity contribution >= 4 is 30.6 Å². The zero-order chi connectivity index (χ0) is 18.6. The Labute approximate surface area is 160 Å². The molecule has 1 nitrogen and oxygen atoms in total. The van der Waals surface area contributed by atoms with Crippen LogP contribution in [-0.4, -0.2) is 11.5 Å². The van der Waals surface area contributed by atoms with Crippen LogP contribution >= 0.6 is 11.8 Å². The minimum absolute atomic E-state index is 0.743. The lowest BCUT2D eigenvalue weighted by Crippen LogP contribution is -2.07. The molecule has 2 rings (SSSR count). The van der Waals surface area contributed by atoms with E-state index in [1.165, 1.54) is 0 Å². The first-order valence-corrected chi connectivity index (χ1v) is 9.63. The number of hydrogen-bond donors (Lipinski definition) is 0. The van der Waals surface area contributed by atoms with E-state index >= 15 is 0 Å². The third kappa shape index (κ3) is 7.54. The van der Waals surface area contributed by atoms with E-state index in [0.29, 0.717) is 0 Å². The Hall–Kier alpha value is -2.58. The predicted octanol–water partition coefficient (Wildman–Crippen LogP) is 5.09. The van der Waals surface area contributed by atoms with E-state index in [9.17, 15) is 0 Å². The fraction of sp³-hybridized carbons (Fsp3) is 0.125. The fourth-order valence-corrected chi connectivity index (χ4v) is 2.98. The summed E-state index contributed by atoms with van der Waals surface area (Å²) in [5.41, 5.74) is 2.04. The zero-order valence-corrected chi connectivity index (χ0v) is 15.9. The van der Waals surface area contributed by atoms with Crippen LogP contribution in [0.15, 0.2) is 95.5 Å². The average Bonchev–Trinajstić information content (AvgIpc) is 2.64. The zero-order valence-electron chi connectivity index (χ0n) is 15.1. The highest BCUT2D eigenvalue weighted by atomic mass is 32.2. The van der Waals surface area contributed by atoms with Crippen molar-refractivity contribution < 1.29 is 0 Å². The SMILES string of the molecule is C=C1/C=C\C=C/CC/C=C\N=C(\c2ccc(=C)ccccc(=C)c2)CS1. The summed E-state index contributed by atoms with van der Waals surface area (Å²) in [6.45, 7) is 12.3. The van der Waals surface area contributed by atoms with Gasteiger partial charge in [0.2, 0.25) is 0 Å². The molecule has 0 spiro atoms. The second-order valence-electron chi connectivity index (χ2n) is 5.88. The standard InChI is InChI=1S/C24H25NS/c1-20-12-9-10-13-21(2)18-23(16-15-20)24-19-26-22(3)14-8-6-4-5-7-11-17-25-24/h4,6,8-18H,1-3,5,7,19H2/b6-4-,12-9?,13-10?,14-8-,16-15?,17-11-,23-18?,25-24+. The van der Waals surface area contributed by atoms with Gasteiger partial charge in [-0.3, -0.25) is 4.99 Å². The second-order valence-corrected chi connectivity index (χ2v) is 6.98. The van der Waals surface area contributed by atoms with Crippen LogP contribution in [0.2, 0.25) is 0 Å². The van der Waals surface area contributed by atoms with Crippen LogP contribution in [0.1, 0.15) is 18.4 Å². The molecule has 0 amide bonds.